The predicted molar refractivity (Wildman–Crippen MR) is 95.1 cm³/mol. The summed E-state index contributed by atoms with van der Waals surface area (Å²) in [7, 11) is 0. The van der Waals surface area contributed by atoms with Crippen LogP contribution in [0.25, 0.3) is 0 Å². The molecule has 2 aromatic carbocycles. The smallest absolute Gasteiger partial charge is 0.313 e. The number of rotatable bonds is 6. The average molecular weight is 393 g/mol. The lowest BCUT2D eigenvalue weighted by Gasteiger charge is -2.07. The van der Waals surface area contributed by atoms with Crippen molar-refractivity contribution in [2.24, 2.45) is 0 Å². The fourth-order valence-corrected chi connectivity index (χ4v) is 2.48. The second kappa shape index (κ2) is 9.17. The number of hydrogen-bond acceptors (Lipinski definition) is 2. The minimum Gasteiger partial charge on any atom is -0.348 e. The largest absolute Gasteiger partial charge is 0.348 e. The zero-order chi connectivity index (χ0) is 17.4. The summed E-state index contributed by atoms with van der Waals surface area (Å²) in [6.45, 7) is 0.405. The van der Waals surface area contributed by atoms with E-state index in [4.69, 9.17) is 0 Å². The number of halogens is 2. The van der Waals surface area contributed by atoms with Crippen LogP contribution in [0.3, 0.4) is 0 Å². The fraction of sp³-hybridized carbons (Fsp3) is 0.222. The van der Waals surface area contributed by atoms with E-state index < -0.39 is 17.6 Å². The molecule has 0 aliphatic rings. The first kappa shape index (κ1) is 18.1. The highest BCUT2D eigenvalue weighted by Gasteiger charge is 2.15. The molecule has 2 rings (SSSR count). The first-order valence-electron chi connectivity index (χ1n) is 7.64. The predicted octanol–water partition coefficient (Wildman–Crippen LogP) is 3.67. The molecule has 4 nitrogen and oxygen atoms in total. The number of amides is 2. The lowest BCUT2D eigenvalue weighted by molar-refractivity contribution is -0.136. The third kappa shape index (κ3) is 5.77. The fourth-order valence-electron chi connectivity index (χ4n) is 2.15. The van der Waals surface area contributed by atoms with Gasteiger partial charge in [0.2, 0.25) is 0 Å². The summed E-state index contributed by atoms with van der Waals surface area (Å²) in [5.41, 5.74) is 1.22. The highest BCUT2D eigenvalue weighted by atomic mass is 79.9. The van der Waals surface area contributed by atoms with E-state index in [1.54, 1.807) is 6.07 Å². The van der Waals surface area contributed by atoms with Crippen molar-refractivity contribution >= 4 is 33.4 Å². The van der Waals surface area contributed by atoms with E-state index in [1.165, 1.54) is 17.7 Å². The lowest BCUT2D eigenvalue weighted by atomic mass is 10.1. The summed E-state index contributed by atoms with van der Waals surface area (Å²) in [6.07, 6.45) is 2.60. The molecule has 2 N–H and O–H groups in total. The molecule has 6 heteroatoms. The van der Waals surface area contributed by atoms with E-state index in [2.05, 4.69) is 38.7 Å². The second-order valence-electron chi connectivity index (χ2n) is 5.28. The highest BCUT2D eigenvalue weighted by Crippen LogP contribution is 2.19. The Morgan fingerprint density at radius 2 is 1.75 bits per heavy atom. The summed E-state index contributed by atoms with van der Waals surface area (Å²) in [6, 6.07) is 14.3. The number of aryl methyl sites for hydroxylation is 1. The minimum atomic E-state index is -0.876. The van der Waals surface area contributed by atoms with Crippen molar-refractivity contribution in [3.05, 3.63) is 64.4 Å². The third-order valence-electron chi connectivity index (χ3n) is 3.41. The Balaban J connectivity index is 1.69. The maximum atomic E-state index is 13.6. The van der Waals surface area contributed by atoms with Crippen LogP contribution in [0, 0.1) is 5.82 Å². The lowest BCUT2D eigenvalue weighted by Crippen LogP contribution is -2.36. The summed E-state index contributed by atoms with van der Waals surface area (Å²) in [5, 5.41) is 4.79. The number of benzene rings is 2. The molecule has 24 heavy (non-hydrogen) atoms. The van der Waals surface area contributed by atoms with Crippen molar-refractivity contribution in [2.45, 2.75) is 19.3 Å². The van der Waals surface area contributed by atoms with Crippen molar-refractivity contribution < 1.29 is 14.0 Å². The molecule has 0 fully saturated rings. The van der Waals surface area contributed by atoms with Crippen molar-refractivity contribution in [2.75, 3.05) is 11.9 Å². The standard InChI is InChI=1S/C18H18BrFN2O2/c19-14-9-10-16(15(20)12-14)22-18(24)17(23)21-11-5-4-8-13-6-2-1-3-7-13/h1-3,6-7,9-10,12H,4-5,8,11H2,(H,21,23)(H,22,24). The Kier molecular flexibility index (Phi) is 6.93. The van der Waals surface area contributed by atoms with Gasteiger partial charge in [-0.05, 0) is 43.0 Å². The number of unbranched alkanes of at least 4 members (excludes halogenated alkanes) is 1. The summed E-state index contributed by atoms with van der Waals surface area (Å²) < 4.78 is 14.2. The Morgan fingerprint density at radius 3 is 2.46 bits per heavy atom. The van der Waals surface area contributed by atoms with Crippen LogP contribution < -0.4 is 10.6 Å². The van der Waals surface area contributed by atoms with E-state index in [9.17, 15) is 14.0 Å². The van der Waals surface area contributed by atoms with Gasteiger partial charge in [-0.25, -0.2) is 4.39 Å². The third-order valence-corrected chi connectivity index (χ3v) is 3.90. The highest BCUT2D eigenvalue weighted by molar-refractivity contribution is 9.10. The SMILES string of the molecule is O=C(NCCCCc1ccccc1)C(=O)Nc1ccc(Br)cc1F. The topological polar surface area (TPSA) is 58.2 Å². The number of hydrogen-bond donors (Lipinski definition) is 2. The van der Waals surface area contributed by atoms with Gasteiger partial charge in [-0.2, -0.15) is 0 Å². The van der Waals surface area contributed by atoms with Gasteiger partial charge < -0.3 is 10.6 Å². The minimum absolute atomic E-state index is 0.0255. The van der Waals surface area contributed by atoms with Crippen molar-refractivity contribution in [3.8, 4) is 0 Å². The summed E-state index contributed by atoms with van der Waals surface area (Å²) in [5.74, 6) is -2.25. The van der Waals surface area contributed by atoms with Gasteiger partial charge in [0.15, 0.2) is 0 Å². The molecular formula is C18H18BrFN2O2. The second-order valence-corrected chi connectivity index (χ2v) is 6.19. The first-order chi connectivity index (χ1) is 11.6. The van der Waals surface area contributed by atoms with Gasteiger partial charge in [-0.1, -0.05) is 46.3 Å². The Labute approximate surface area is 148 Å². The van der Waals surface area contributed by atoms with Gasteiger partial charge in [0.1, 0.15) is 5.82 Å². The molecule has 2 aromatic rings. The zero-order valence-corrected chi connectivity index (χ0v) is 14.6. The Hall–Kier alpha value is -2.21. The molecule has 0 spiro atoms. The van der Waals surface area contributed by atoms with E-state index in [0.717, 1.165) is 19.3 Å². The van der Waals surface area contributed by atoms with Crippen LogP contribution in [0.15, 0.2) is 53.0 Å². The normalized spacial score (nSPS) is 10.2. The molecule has 0 saturated carbocycles. The molecule has 2 amide bonds. The van der Waals surface area contributed by atoms with E-state index >= 15 is 0 Å². The first-order valence-corrected chi connectivity index (χ1v) is 8.44. The maximum absolute atomic E-state index is 13.6. The summed E-state index contributed by atoms with van der Waals surface area (Å²) >= 11 is 3.13. The van der Waals surface area contributed by atoms with Crippen molar-refractivity contribution in [1.82, 2.24) is 5.32 Å². The average Bonchev–Trinajstić information content (AvgIpc) is 2.57. The van der Waals surface area contributed by atoms with Crippen molar-refractivity contribution in [3.63, 3.8) is 0 Å². The number of anilines is 1. The molecule has 0 radical (unpaired) electrons. The molecule has 0 atom stereocenters. The van der Waals surface area contributed by atoms with Crippen LogP contribution >= 0.6 is 15.9 Å². The molecular weight excluding hydrogens is 375 g/mol. The quantitative estimate of drug-likeness (QED) is 0.581. The van der Waals surface area contributed by atoms with Gasteiger partial charge in [0.25, 0.3) is 0 Å². The van der Waals surface area contributed by atoms with Crippen molar-refractivity contribution in [1.29, 1.82) is 0 Å². The molecule has 0 unspecified atom stereocenters. The number of carbonyl (C=O) groups excluding carboxylic acids is 2. The Bertz CT molecular complexity index is 707. The van der Waals surface area contributed by atoms with E-state index in [1.807, 2.05) is 18.2 Å². The van der Waals surface area contributed by atoms with Gasteiger partial charge in [0, 0.05) is 11.0 Å². The van der Waals surface area contributed by atoms with Crippen LogP contribution in [0.4, 0.5) is 10.1 Å². The van der Waals surface area contributed by atoms with Gasteiger partial charge in [-0.3, -0.25) is 9.59 Å². The zero-order valence-electron chi connectivity index (χ0n) is 13.0. The molecule has 0 aromatic heterocycles. The molecule has 0 aliphatic carbocycles. The van der Waals surface area contributed by atoms with Crippen LogP contribution in [0.5, 0.6) is 0 Å². The molecule has 0 aliphatic heterocycles. The monoisotopic (exact) mass is 392 g/mol. The molecule has 0 bridgehead atoms. The number of carbonyl (C=O) groups is 2. The molecule has 0 saturated heterocycles. The molecule has 0 heterocycles. The van der Waals surface area contributed by atoms with Gasteiger partial charge in [-0.15, -0.1) is 0 Å². The molecule has 126 valence electrons. The van der Waals surface area contributed by atoms with Gasteiger partial charge in [0.05, 0.1) is 5.69 Å². The van der Waals surface area contributed by atoms with E-state index in [-0.39, 0.29) is 5.69 Å². The van der Waals surface area contributed by atoms with Crippen LogP contribution in [0.2, 0.25) is 0 Å². The van der Waals surface area contributed by atoms with Crippen LogP contribution in [-0.4, -0.2) is 18.4 Å². The van der Waals surface area contributed by atoms with Crippen LogP contribution in [-0.2, 0) is 16.0 Å². The Morgan fingerprint density at radius 1 is 1.00 bits per heavy atom. The van der Waals surface area contributed by atoms with Gasteiger partial charge >= 0.3 is 11.8 Å². The number of nitrogens with one attached hydrogen (secondary N) is 2. The van der Waals surface area contributed by atoms with E-state index in [0.29, 0.717) is 11.0 Å². The maximum Gasteiger partial charge on any atom is 0.313 e. The van der Waals surface area contributed by atoms with Crippen LogP contribution in [0.1, 0.15) is 18.4 Å². The summed E-state index contributed by atoms with van der Waals surface area (Å²) in [4.78, 5) is 23.4.